The van der Waals surface area contributed by atoms with E-state index < -0.39 is 0 Å². The summed E-state index contributed by atoms with van der Waals surface area (Å²) in [6, 6.07) is 7.68. The number of methoxy groups -OCH3 is 1. The lowest BCUT2D eigenvalue weighted by Gasteiger charge is -2.24. The molecule has 1 fully saturated rings. The van der Waals surface area contributed by atoms with E-state index in [-0.39, 0.29) is 23.9 Å². The first kappa shape index (κ1) is 20.1. The minimum Gasteiger partial charge on any atom is -0.496 e. The van der Waals surface area contributed by atoms with Crippen LogP contribution in [-0.2, 0) is 11.2 Å². The van der Waals surface area contributed by atoms with Gasteiger partial charge in [0.25, 0.3) is 0 Å². The van der Waals surface area contributed by atoms with Crippen molar-refractivity contribution in [1.29, 1.82) is 0 Å². The van der Waals surface area contributed by atoms with Crippen molar-refractivity contribution in [2.75, 3.05) is 34.3 Å². The van der Waals surface area contributed by atoms with Gasteiger partial charge in [-0.3, -0.25) is 4.79 Å². The van der Waals surface area contributed by atoms with Crippen LogP contribution in [0.4, 0.5) is 4.79 Å². The monoisotopic (exact) mass is 361 g/mol. The Balaban J connectivity index is 1.97. The molecular weight excluding hydrogens is 330 g/mol. The third-order valence-electron chi connectivity index (χ3n) is 5.09. The first-order valence-corrected chi connectivity index (χ1v) is 9.21. The summed E-state index contributed by atoms with van der Waals surface area (Å²) in [5.41, 5.74) is 1.04. The maximum atomic E-state index is 12.7. The maximum Gasteiger partial charge on any atom is 0.317 e. The summed E-state index contributed by atoms with van der Waals surface area (Å²) >= 11 is 0. The van der Waals surface area contributed by atoms with Gasteiger partial charge in [-0.25, -0.2) is 4.79 Å². The lowest BCUT2D eigenvalue weighted by atomic mass is 9.91. The summed E-state index contributed by atoms with van der Waals surface area (Å²) in [4.78, 5) is 28.2. The number of benzene rings is 1. The number of nitrogens with one attached hydrogen (secondary N) is 1. The number of ether oxygens (including phenoxy) is 1. The summed E-state index contributed by atoms with van der Waals surface area (Å²) in [6.07, 6.45) is 1.10. The number of rotatable bonds is 6. The molecule has 0 saturated carbocycles. The number of hydrogen-bond donors (Lipinski definition) is 1. The van der Waals surface area contributed by atoms with Crippen LogP contribution >= 0.6 is 0 Å². The molecule has 1 heterocycles. The van der Waals surface area contributed by atoms with Gasteiger partial charge < -0.3 is 19.9 Å². The van der Waals surface area contributed by atoms with Crippen LogP contribution in [0.2, 0.25) is 0 Å². The molecule has 1 aliphatic heterocycles. The van der Waals surface area contributed by atoms with Crippen LogP contribution in [0, 0.1) is 11.8 Å². The van der Waals surface area contributed by atoms with Gasteiger partial charge in [-0.1, -0.05) is 32.0 Å². The third-order valence-corrected chi connectivity index (χ3v) is 5.09. The quantitative estimate of drug-likeness (QED) is 0.846. The topological polar surface area (TPSA) is 61.9 Å². The highest BCUT2D eigenvalue weighted by Gasteiger charge is 2.37. The Kier molecular flexibility index (Phi) is 6.89. The van der Waals surface area contributed by atoms with Gasteiger partial charge in [0.1, 0.15) is 5.75 Å². The normalized spacial score (nSPS) is 19.5. The van der Waals surface area contributed by atoms with Crippen molar-refractivity contribution in [3.8, 4) is 5.75 Å². The number of amides is 3. The van der Waals surface area contributed by atoms with Gasteiger partial charge in [-0.15, -0.1) is 0 Å². The van der Waals surface area contributed by atoms with E-state index in [9.17, 15) is 9.59 Å². The van der Waals surface area contributed by atoms with E-state index in [1.54, 1.807) is 21.2 Å². The molecule has 1 aromatic rings. The van der Waals surface area contributed by atoms with Gasteiger partial charge in [-0.05, 0) is 24.0 Å². The number of carbonyl (C=O) groups excluding carboxylic acids is 2. The molecule has 2 atom stereocenters. The summed E-state index contributed by atoms with van der Waals surface area (Å²) in [5, 5.41) is 3.06. The van der Waals surface area contributed by atoms with Crippen molar-refractivity contribution in [3.63, 3.8) is 0 Å². The maximum absolute atomic E-state index is 12.7. The van der Waals surface area contributed by atoms with Crippen molar-refractivity contribution in [3.05, 3.63) is 29.8 Å². The molecule has 3 amide bonds. The largest absolute Gasteiger partial charge is 0.496 e. The first-order valence-electron chi connectivity index (χ1n) is 9.21. The summed E-state index contributed by atoms with van der Waals surface area (Å²) in [7, 11) is 5.10. The van der Waals surface area contributed by atoms with Crippen LogP contribution in [-0.4, -0.2) is 62.1 Å². The molecule has 1 aliphatic rings. The molecule has 1 saturated heterocycles. The number of aryl methyl sites for hydroxylation is 1. The second-order valence-electron chi connectivity index (χ2n) is 7.47. The zero-order chi connectivity index (χ0) is 19.3. The fraction of sp³-hybridized carbons (Fsp3) is 0.600. The van der Waals surface area contributed by atoms with E-state index in [2.05, 4.69) is 19.2 Å². The molecule has 0 spiro atoms. The van der Waals surface area contributed by atoms with E-state index in [1.807, 2.05) is 29.2 Å². The molecular formula is C20H31N3O3. The Morgan fingerprint density at radius 3 is 2.58 bits per heavy atom. The SMILES string of the molecule is COc1ccccc1CCC(=O)N1CC(NC(=O)N(C)C)C(C(C)C)C1. The highest BCUT2D eigenvalue weighted by atomic mass is 16.5. The van der Waals surface area contributed by atoms with Crippen LogP contribution in [0.5, 0.6) is 5.75 Å². The third kappa shape index (κ3) is 4.90. The molecule has 1 N–H and O–H groups in total. The molecule has 2 unspecified atom stereocenters. The van der Waals surface area contributed by atoms with Crippen LogP contribution < -0.4 is 10.1 Å². The van der Waals surface area contributed by atoms with Crippen LogP contribution in [0.15, 0.2) is 24.3 Å². The Bertz CT molecular complexity index is 630. The summed E-state index contributed by atoms with van der Waals surface area (Å²) in [6.45, 7) is 5.55. The van der Waals surface area contributed by atoms with Crippen molar-refractivity contribution >= 4 is 11.9 Å². The Morgan fingerprint density at radius 1 is 1.27 bits per heavy atom. The van der Waals surface area contributed by atoms with Crippen molar-refractivity contribution in [1.82, 2.24) is 15.1 Å². The molecule has 0 aromatic heterocycles. The standard InChI is InChI=1S/C20H31N3O3/c1-14(2)16-12-23(13-17(16)21-20(25)22(3)4)19(24)11-10-15-8-6-7-9-18(15)26-5/h6-9,14,16-17H,10-13H2,1-5H3,(H,21,25). The smallest absolute Gasteiger partial charge is 0.317 e. The second-order valence-corrected chi connectivity index (χ2v) is 7.47. The van der Waals surface area contributed by atoms with Crippen molar-refractivity contribution in [2.24, 2.45) is 11.8 Å². The van der Waals surface area contributed by atoms with E-state index in [4.69, 9.17) is 4.74 Å². The zero-order valence-electron chi connectivity index (χ0n) is 16.5. The molecule has 144 valence electrons. The fourth-order valence-electron chi connectivity index (χ4n) is 3.46. The van der Waals surface area contributed by atoms with Gasteiger partial charge in [-0.2, -0.15) is 0 Å². The van der Waals surface area contributed by atoms with Gasteiger partial charge in [0, 0.05) is 39.5 Å². The number of hydrogen-bond acceptors (Lipinski definition) is 3. The molecule has 6 heteroatoms. The molecule has 2 rings (SSSR count). The molecule has 6 nitrogen and oxygen atoms in total. The van der Waals surface area contributed by atoms with Crippen LogP contribution in [0.1, 0.15) is 25.8 Å². The van der Waals surface area contributed by atoms with Crippen molar-refractivity contribution < 1.29 is 14.3 Å². The molecule has 0 bridgehead atoms. The Hall–Kier alpha value is -2.24. The Labute approximate surface area is 156 Å². The average molecular weight is 361 g/mol. The first-order chi connectivity index (χ1) is 12.3. The van der Waals surface area contributed by atoms with Crippen molar-refractivity contribution in [2.45, 2.75) is 32.7 Å². The Morgan fingerprint density at radius 2 is 1.96 bits per heavy atom. The number of urea groups is 1. The van der Waals surface area contributed by atoms with E-state index in [0.717, 1.165) is 11.3 Å². The fourth-order valence-corrected chi connectivity index (χ4v) is 3.46. The van der Waals surface area contributed by atoms with E-state index in [0.29, 0.717) is 31.8 Å². The number of likely N-dealkylation sites (tertiary alicyclic amines) is 1. The van der Waals surface area contributed by atoms with E-state index >= 15 is 0 Å². The van der Waals surface area contributed by atoms with Gasteiger partial charge in [0.05, 0.1) is 13.2 Å². The van der Waals surface area contributed by atoms with Crippen LogP contribution in [0.25, 0.3) is 0 Å². The highest BCUT2D eigenvalue weighted by Crippen LogP contribution is 2.26. The van der Waals surface area contributed by atoms with Gasteiger partial charge >= 0.3 is 6.03 Å². The lowest BCUT2D eigenvalue weighted by molar-refractivity contribution is -0.130. The zero-order valence-corrected chi connectivity index (χ0v) is 16.5. The number of nitrogens with zero attached hydrogens (tertiary/aromatic N) is 2. The second kappa shape index (κ2) is 8.92. The average Bonchev–Trinajstić information content (AvgIpc) is 3.04. The number of para-hydroxylation sites is 1. The molecule has 26 heavy (non-hydrogen) atoms. The summed E-state index contributed by atoms with van der Waals surface area (Å²) < 4.78 is 5.36. The summed E-state index contributed by atoms with van der Waals surface area (Å²) in [5.74, 6) is 1.62. The van der Waals surface area contributed by atoms with Gasteiger partial charge in [0.2, 0.25) is 5.91 Å². The molecule has 0 aliphatic carbocycles. The number of carbonyl (C=O) groups is 2. The minimum atomic E-state index is -0.107. The predicted octanol–water partition coefficient (Wildman–Crippen LogP) is 2.38. The lowest BCUT2D eigenvalue weighted by Crippen LogP contribution is -2.46. The molecule has 1 aromatic carbocycles. The highest BCUT2D eigenvalue weighted by molar-refractivity contribution is 5.78. The molecule has 0 radical (unpaired) electrons. The predicted molar refractivity (Wildman–Crippen MR) is 102 cm³/mol. The van der Waals surface area contributed by atoms with Gasteiger partial charge in [0.15, 0.2) is 0 Å². The van der Waals surface area contributed by atoms with E-state index in [1.165, 1.54) is 4.90 Å². The minimum absolute atomic E-state index is 0.000103. The van der Waals surface area contributed by atoms with Crippen LogP contribution in [0.3, 0.4) is 0 Å².